The van der Waals surface area contributed by atoms with Crippen molar-refractivity contribution in [3.05, 3.63) is 0 Å². The summed E-state index contributed by atoms with van der Waals surface area (Å²) in [5.41, 5.74) is 5.32. The molecule has 7 heteroatoms. The van der Waals surface area contributed by atoms with Gasteiger partial charge in [-0.3, -0.25) is 4.79 Å². The first-order valence-corrected chi connectivity index (χ1v) is 5.68. The number of ether oxygens (including phenoxy) is 1. The van der Waals surface area contributed by atoms with Crippen LogP contribution >= 0.6 is 0 Å². The Balaban J connectivity index is 3.43. The van der Waals surface area contributed by atoms with E-state index < -0.39 is 6.10 Å². The summed E-state index contributed by atoms with van der Waals surface area (Å²) < 4.78 is 5.25. The summed E-state index contributed by atoms with van der Waals surface area (Å²) in [6, 6.07) is 0. The van der Waals surface area contributed by atoms with Gasteiger partial charge in [-0.1, -0.05) is 12.1 Å². The van der Waals surface area contributed by atoms with Gasteiger partial charge >= 0.3 is 0 Å². The van der Waals surface area contributed by atoms with Crippen molar-refractivity contribution in [2.45, 2.75) is 26.4 Å². The molecule has 0 aromatic carbocycles. The zero-order chi connectivity index (χ0) is 13.1. The summed E-state index contributed by atoms with van der Waals surface area (Å²) in [6.45, 7) is 5.55. The molecule has 0 rings (SSSR count). The third-order valence-corrected chi connectivity index (χ3v) is 2.04. The van der Waals surface area contributed by atoms with Gasteiger partial charge in [0.2, 0.25) is 5.91 Å². The second-order valence-electron chi connectivity index (χ2n) is 3.56. The van der Waals surface area contributed by atoms with E-state index in [4.69, 9.17) is 15.7 Å². The van der Waals surface area contributed by atoms with Gasteiger partial charge in [-0.15, -0.1) is 0 Å². The molecule has 0 fully saturated rings. The van der Waals surface area contributed by atoms with Crippen LogP contribution in [0.25, 0.3) is 0 Å². The number of nitrogens with zero attached hydrogens (tertiary/aromatic N) is 1. The Morgan fingerprint density at radius 3 is 2.82 bits per heavy atom. The normalized spacial score (nSPS) is 13.4. The number of nitrogens with one attached hydrogen (secondary N) is 2. The number of amidine groups is 1. The summed E-state index contributed by atoms with van der Waals surface area (Å²) in [5, 5.41) is 16.9. The van der Waals surface area contributed by atoms with E-state index in [2.05, 4.69) is 15.8 Å². The van der Waals surface area contributed by atoms with Crippen LogP contribution in [-0.4, -0.2) is 49.3 Å². The quantitative estimate of drug-likeness (QED) is 0.141. The molecule has 5 N–H and O–H groups in total. The van der Waals surface area contributed by atoms with E-state index in [1.165, 1.54) is 0 Å². The van der Waals surface area contributed by atoms with Crippen LogP contribution in [-0.2, 0) is 9.53 Å². The Bertz CT molecular complexity index is 246. The second kappa shape index (κ2) is 9.86. The lowest BCUT2D eigenvalue weighted by Crippen LogP contribution is -2.36. The van der Waals surface area contributed by atoms with Gasteiger partial charge in [-0.25, -0.2) is 0 Å². The van der Waals surface area contributed by atoms with Gasteiger partial charge in [0.25, 0.3) is 0 Å². The van der Waals surface area contributed by atoms with E-state index in [0.29, 0.717) is 19.7 Å². The Labute approximate surface area is 101 Å². The molecule has 0 aliphatic rings. The van der Waals surface area contributed by atoms with Crippen molar-refractivity contribution in [1.82, 2.24) is 10.6 Å². The fourth-order valence-corrected chi connectivity index (χ4v) is 1.00. The number of rotatable bonds is 9. The lowest BCUT2D eigenvalue weighted by Gasteiger charge is -2.11. The van der Waals surface area contributed by atoms with Gasteiger partial charge in [0.15, 0.2) is 5.84 Å². The molecule has 1 unspecified atom stereocenters. The van der Waals surface area contributed by atoms with Crippen LogP contribution in [0.2, 0.25) is 0 Å². The first-order chi connectivity index (χ1) is 8.11. The summed E-state index contributed by atoms with van der Waals surface area (Å²) in [5.74, 6) is 0.00187. The smallest absolute Gasteiger partial charge is 0.233 e. The average Bonchev–Trinajstić information content (AvgIpc) is 2.34. The van der Waals surface area contributed by atoms with E-state index >= 15 is 0 Å². The lowest BCUT2D eigenvalue weighted by atomic mass is 10.4. The average molecular weight is 246 g/mol. The van der Waals surface area contributed by atoms with Gasteiger partial charge in [0.05, 0.1) is 13.2 Å². The fraction of sp³-hybridized carbons (Fsp3) is 0.800. The third kappa shape index (κ3) is 8.47. The molecule has 0 saturated heterocycles. The monoisotopic (exact) mass is 246 g/mol. The Morgan fingerprint density at radius 1 is 1.53 bits per heavy atom. The lowest BCUT2D eigenvalue weighted by molar-refractivity contribution is -0.120. The molecule has 0 aromatic rings. The molecule has 0 radical (unpaired) electrons. The highest BCUT2D eigenvalue weighted by atomic mass is 16.5. The molecule has 0 aromatic heterocycles. The zero-order valence-electron chi connectivity index (χ0n) is 10.4. The second-order valence-corrected chi connectivity index (χ2v) is 3.56. The van der Waals surface area contributed by atoms with Crippen LogP contribution < -0.4 is 16.4 Å². The largest absolute Gasteiger partial charge is 0.409 e. The van der Waals surface area contributed by atoms with Gasteiger partial charge in [0, 0.05) is 13.1 Å². The van der Waals surface area contributed by atoms with Crippen LogP contribution in [0, 0.1) is 0 Å². The van der Waals surface area contributed by atoms with E-state index in [0.717, 1.165) is 6.42 Å². The number of hydrogen-bond acceptors (Lipinski definition) is 5. The molecular formula is C10H22N4O3. The highest BCUT2D eigenvalue weighted by Crippen LogP contribution is 1.89. The minimum atomic E-state index is -0.435. The Morgan fingerprint density at radius 2 is 2.24 bits per heavy atom. The zero-order valence-corrected chi connectivity index (χ0v) is 10.4. The maximum Gasteiger partial charge on any atom is 0.233 e. The van der Waals surface area contributed by atoms with Crippen molar-refractivity contribution in [1.29, 1.82) is 0 Å². The number of oxime groups is 1. The van der Waals surface area contributed by atoms with Gasteiger partial charge < -0.3 is 26.3 Å². The number of carbonyl (C=O) groups is 1. The molecule has 0 saturated carbocycles. The maximum atomic E-state index is 11.2. The van der Waals surface area contributed by atoms with Crippen LogP contribution in [0.4, 0.5) is 0 Å². The molecule has 7 nitrogen and oxygen atoms in total. The first-order valence-electron chi connectivity index (χ1n) is 5.68. The molecule has 1 amide bonds. The van der Waals surface area contributed by atoms with Crippen molar-refractivity contribution >= 4 is 11.7 Å². The number of hydrogen-bond donors (Lipinski definition) is 4. The molecular weight excluding hydrogens is 224 g/mol. The molecule has 0 heterocycles. The summed E-state index contributed by atoms with van der Waals surface area (Å²) in [7, 11) is 0. The molecule has 0 bridgehead atoms. The van der Waals surface area contributed by atoms with E-state index in [1.54, 1.807) is 6.92 Å². The SMILES string of the molecule is CCCNC(=O)CNCCOC(C)C(N)=NO. The first kappa shape index (κ1) is 15.7. The minimum absolute atomic E-state index is 0.0312. The standard InChI is InChI=1S/C10H22N4O3/c1-3-4-13-9(15)7-12-5-6-17-8(2)10(11)14-16/h8,12,16H,3-7H2,1-2H3,(H2,11,14)(H,13,15). The highest BCUT2D eigenvalue weighted by Gasteiger charge is 2.06. The summed E-state index contributed by atoms with van der Waals surface area (Å²) >= 11 is 0. The predicted molar refractivity (Wildman–Crippen MR) is 65.0 cm³/mol. The van der Waals surface area contributed by atoms with Gasteiger partial charge in [-0.2, -0.15) is 0 Å². The molecule has 100 valence electrons. The van der Waals surface area contributed by atoms with E-state index in [1.807, 2.05) is 6.92 Å². The molecule has 0 aliphatic heterocycles. The van der Waals surface area contributed by atoms with Crippen molar-refractivity contribution in [2.24, 2.45) is 10.9 Å². The number of nitrogens with two attached hydrogens (primary N) is 1. The fourth-order valence-electron chi connectivity index (χ4n) is 1.00. The van der Waals surface area contributed by atoms with E-state index in [-0.39, 0.29) is 18.3 Å². The summed E-state index contributed by atoms with van der Waals surface area (Å²) in [6.07, 6.45) is 0.488. The Kier molecular flexibility index (Phi) is 9.08. The molecule has 0 spiro atoms. The maximum absolute atomic E-state index is 11.2. The van der Waals surface area contributed by atoms with Gasteiger partial charge in [-0.05, 0) is 13.3 Å². The number of amides is 1. The van der Waals surface area contributed by atoms with E-state index in [9.17, 15) is 4.79 Å². The van der Waals surface area contributed by atoms with Crippen LogP contribution in [0.3, 0.4) is 0 Å². The minimum Gasteiger partial charge on any atom is -0.409 e. The summed E-state index contributed by atoms with van der Waals surface area (Å²) in [4.78, 5) is 11.2. The third-order valence-electron chi connectivity index (χ3n) is 2.04. The predicted octanol–water partition coefficient (Wildman–Crippen LogP) is -0.746. The molecule has 0 aliphatic carbocycles. The van der Waals surface area contributed by atoms with Crippen molar-refractivity contribution in [2.75, 3.05) is 26.2 Å². The van der Waals surface area contributed by atoms with Crippen LogP contribution in [0.5, 0.6) is 0 Å². The molecule has 1 atom stereocenters. The Hall–Kier alpha value is -1.34. The topological polar surface area (TPSA) is 109 Å². The van der Waals surface area contributed by atoms with Crippen LogP contribution in [0.1, 0.15) is 20.3 Å². The van der Waals surface area contributed by atoms with Gasteiger partial charge in [0.1, 0.15) is 6.10 Å². The molecule has 17 heavy (non-hydrogen) atoms. The van der Waals surface area contributed by atoms with Crippen LogP contribution in [0.15, 0.2) is 5.16 Å². The van der Waals surface area contributed by atoms with Crippen molar-refractivity contribution < 1.29 is 14.7 Å². The number of carbonyl (C=O) groups excluding carboxylic acids is 1. The van der Waals surface area contributed by atoms with Crippen molar-refractivity contribution in [3.8, 4) is 0 Å². The van der Waals surface area contributed by atoms with Crippen molar-refractivity contribution in [3.63, 3.8) is 0 Å². The highest BCUT2D eigenvalue weighted by molar-refractivity contribution is 5.83.